The predicted molar refractivity (Wildman–Crippen MR) is 116 cm³/mol. The molecule has 1 fully saturated rings. The fourth-order valence-electron chi connectivity index (χ4n) is 3.97. The van der Waals surface area contributed by atoms with Crippen LogP contribution in [0.2, 0.25) is 0 Å². The van der Waals surface area contributed by atoms with Crippen LogP contribution in [-0.2, 0) is 21.2 Å². The van der Waals surface area contributed by atoms with Crippen LogP contribution in [0.15, 0.2) is 38.2 Å². The summed E-state index contributed by atoms with van der Waals surface area (Å²) in [6.07, 6.45) is 2.11. The predicted octanol–water partition coefficient (Wildman–Crippen LogP) is 3.08. The normalized spacial score (nSPS) is 15.5. The van der Waals surface area contributed by atoms with E-state index in [4.69, 9.17) is 8.94 Å². The molecule has 4 rings (SSSR count). The molecule has 0 saturated carbocycles. The van der Waals surface area contributed by atoms with Gasteiger partial charge in [0, 0.05) is 45.1 Å². The highest BCUT2D eigenvalue weighted by Crippen LogP contribution is 2.26. The largest absolute Gasteiger partial charge is 0.441 e. The number of carbonyl (C=O) groups excluding carboxylic acids is 1. The first-order valence-electron chi connectivity index (χ1n) is 10.8. The van der Waals surface area contributed by atoms with E-state index in [1.54, 1.807) is 18.7 Å². The number of carbonyl (C=O) groups is 1. The van der Waals surface area contributed by atoms with Crippen LogP contribution >= 0.6 is 0 Å². The van der Waals surface area contributed by atoms with Crippen molar-refractivity contribution >= 4 is 15.9 Å². The van der Waals surface area contributed by atoms with Crippen LogP contribution in [0.5, 0.6) is 0 Å². The Bertz CT molecular complexity index is 1280. The number of oxazole rings is 1. The molecule has 0 bridgehead atoms. The molecular weight excluding hydrogens is 470 g/mol. The molecule has 1 aliphatic rings. The van der Waals surface area contributed by atoms with Gasteiger partial charge in [-0.05, 0) is 32.4 Å². The average Bonchev–Trinajstić information content (AvgIpc) is 3.29. The van der Waals surface area contributed by atoms with E-state index in [0.717, 1.165) is 12.1 Å². The van der Waals surface area contributed by atoms with Gasteiger partial charge in [0.05, 0.1) is 11.8 Å². The van der Waals surface area contributed by atoms with Gasteiger partial charge in [-0.1, -0.05) is 5.16 Å². The highest BCUT2D eigenvalue weighted by molar-refractivity contribution is 7.89. The first kappa shape index (κ1) is 24.0. The zero-order chi connectivity index (χ0) is 24.5. The van der Waals surface area contributed by atoms with Crippen LogP contribution in [0.4, 0.5) is 8.78 Å². The van der Waals surface area contributed by atoms with Gasteiger partial charge < -0.3 is 13.8 Å². The number of hydrogen-bond donors (Lipinski definition) is 0. The van der Waals surface area contributed by atoms with Crippen LogP contribution in [0, 0.1) is 25.5 Å². The first-order valence-corrected chi connectivity index (χ1v) is 12.2. The van der Waals surface area contributed by atoms with Crippen LogP contribution < -0.4 is 0 Å². The molecule has 0 N–H and O–H groups in total. The second-order valence-corrected chi connectivity index (χ2v) is 9.91. The molecule has 0 atom stereocenters. The Morgan fingerprint density at radius 1 is 1.15 bits per heavy atom. The van der Waals surface area contributed by atoms with Crippen molar-refractivity contribution in [3.63, 3.8) is 0 Å². The monoisotopic (exact) mass is 494 g/mol. The third kappa shape index (κ3) is 4.87. The summed E-state index contributed by atoms with van der Waals surface area (Å²) in [4.78, 5) is 18.5. The highest BCUT2D eigenvalue weighted by Gasteiger charge is 2.32. The number of sulfonamides is 1. The van der Waals surface area contributed by atoms with E-state index in [9.17, 15) is 22.0 Å². The zero-order valence-corrected chi connectivity index (χ0v) is 19.6. The fraction of sp³-hybridized carbons (Fsp3) is 0.409. The van der Waals surface area contributed by atoms with Crippen molar-refractivity contribution < 1.29 is 30.9 Å². The summed E-state index contributed by atoms with van der Waals surface area (Å²) in [5.41, 5.74) is 0.388. The van der Waals surface area contributed by atoms with E-state index in [0.29, 0.717) is 18.7 Å². The molecular formula is C22H24F2N4O5S. The summed E-state index contributed by atoms with van der Waals surface area (Å²) < 4.78 is 65.0. The summed E-state index contributed by atoms with van der Waals surface area (Å²) in [5, 5.41) is 3.73. The molecule has 182 valence electrons. The number of rotatable bonds is 6. The van der Waals surface area contributed by atoms with Crippen LogP contribution in [0.1, 0.15) is 30.2 Å². The molecule has 12 heteroatoms. The van der Waals surface area contributed by atoms with Crippen molar-refractivity contribution in [1.29, 1.82) is 0 Å². The lowest BCUT2D eigenvalue weighted by molar-refractivity contribution is -0.131. The van der Waals surface area contributed by atoms with Crippen molar-refractivity contribution in [1.82, 2.24) is 19.3 Å². The summed E-state index contributed by atoms with van der Waals surface area (Å²) >= 11 is 0. The van der Waals surface area contributed by atoms with Gasteiger partial charge in [-0.3, -0.25) is 4.79 Å². The SMILES string of the molecule is Cc1noc(C)c1S(=O)(=O)N1CCCN(C(=O)CCc2ncc(-c3ccc(F)cc3F)o2)CC1. The number of aryl methyl sites for hydroxylation is 3. The highest BCUT2D eigenvalue weighted by atomic mass is 32.2. The van der Waals surface area contributed by atoms with Gasteiger partial charge in [0.25, 0.3) is 0 Å². The topological polar surface area (TPSA) is 110 Å². The van der Waals surface area contributed by atoms with Gasteiger partial charge in [-0.2, -0.15) is 4.31 Å². The second-order valence-electron chi connectivity index (χ2n) is 8.03. The maximum atomic E-state index is 13.9. The summed E-state index contributed by atoms with van der Waals surface area (Å²) in [6, 6.07) is 3.15. The Hall–Kier alpha value is -3.12. The van der Waals surface area contributed by atoms with Gasteiger partial charge in [0.2, 0.25) is 15.9 Å². The molecule has 3 aromatic rings. The summed E-state index contributed by atoms with van der Waals surface area (Å²) in [5.74, 6) is -0.981. The van der Waals surface area contributed by atoms with E-state index < -0.39 is 21.7 Å². The minimum atomic E-state index is -3.78. The zero-order valence-electron chi connectivity index (χ0n) is 18.8. The molecule has 1 saturated heterocycles. The molecule has 0 aliphatic carbocycles. The van der Waals surface area contributed by atoms with Gasteiger partial charge in [0.1, 0.15) is 22.2 Å². The molecule has 0 radical (unpaired) electrons. The van der Waals surface area contributed by atoms with Crippen molar-refractivity contribution in [2.24, 2.45) is 0 Å². The minimum Gasteiger partial charge on any atom is -0.441 e. The van der Waals surface area contributed by atoms with Crippen molar-refractivity contribution in [2.75, 3.05) is 26.2 Å². The van der Waals surface area contributed by atoms with E-state index in [1.165, 1.54) is 16.6 Å². The van der Waals surface area contributed by atoms with Crippen LogP contribution in [0.3, 0.4) is 0 Å². The molecule has 2 aromatic heterocycles. The maximum Gasteiger partial charge on any atom is 0.248 e. The standard InChI is InChI=1S/C22H24F2N4O5S/c1-14-22(15(2)33-26-14)34(30,31)28-9-3-8-27(10-11-28)21(29)7-6-20-25-13-19(32-20)17-5-4-16(23)12-18(17)24/h4-5,12-13H,3,6-11H2,1-2H3. The summed E-state index contributed by atoms with van der Waals surface area (Å²) in [7, 11) is -3.78. The molecule has 34 heavy (non-hydrogen) atoms. The van der Waals surface area contributed by atoms with Gasteiger partial charge in [0.15, 0.2) is 17.4 Å². The van der Waals surface area contributed by atoms with Crippen molar-refractivity contribution in [3.05, 3.63) is 53.4 Å². The van der Waals surface area contributed by atoms with E-state index in [2.05, 4.69) is 10.1 Å². The first-order chi connectivity index (χ1) is 16.2. The molecule has 0 unspecified atom stereocenters. The minimum absolute atomic E-state index is 0.0737. The van der Waals surface area contributed by atoms with E-state index in [1.807, 2.05) is 0 Å². The molecule has 3 heterocycles. The van der Waals surface area contributed by atoms with E-state index in [-0.39, 0.29) is 66.3 Å². The number of benzene rings is 1. The Morgan fingerprint density at radius 2 is 1.94 bits per heavy atom. The molecule has 9 nitrogen and oxygen atoms in total. The fourth-order valence-corrected chi connectivity index (χ4v) is 5.73. The summed E-state index contributed by atoms with van der Waals surface area (Å²) in [6.45, 7) is 4.24. The third-order valence-corrected chi connectivity index (χ3v) is 7.82. The molecule has 0 spiro atoms. The molecule has 1 amide bonds. The average molecular weight is 495 g/mol. The molecule has 1 aromatic carbocycles. The van der Waals surface area contributed by atoms with Crippen molar-refractivity contribution in [2.45, 2.75) is 38.0 Å². The molecule has 1 aliphatic heterocycles. The lowest BCUT2D eigenvalue weighted by atomic mass is 10.2. The number of hydrogen-bond acceptors (Lipinski definition) is 7. The van der Waals surface area contributed by atoms with Gasteiger partial charge >= 0.3 is 0 Å². The Morgan fingerprint density at radius 3 is 2.65 bits per heavy atom. The third-order valence-electron chi connectivity index (χ3n) is 5.68. The van der Waals surface area contributed by atoms with E-state index >= 15 is 0 Å². The smallest absolute Gasteiger partial charge is 0.248 e. The van der Waals surface area contributed by atoms with Gasteiger partial charge in [-0.15, -0.1) is 0 Å². The maximum absolute atomic E-state index is 13.9. The number of amides is 1. The quantitative estimate of drug-likeness (QED) is 0.518. The van der Waals surface area contributed by atoms with Crippen LogP contribution in [-0.4, -0.2) is 59.8 Å². The van der Waals surface area contributed by atoms with Crippen LogP contribution in [0.25, 0.3) is 11.3 Å². The number of halogens is 2. The Kier molecular flexibility index (Phi) is 6.80. The van der Waals surface area contributed by atoms with Crippen molar-refractivity contribution in [3.8, 4) is 11.3 Å². The lowest BCUT2D eigenvalue weighted by Gasteiger charge is -2.21. The van der Waals surface area contributed by atoms with Gasteiger partial charge in [-0.25, -0.2) is 22.2 Å². The number of aromatic nitrogens is 2. The number of nitrogens with zero attached hydrogens (tertiary/aromatic N) is 4. The Labute approximate surface area is 195 Å². The second kappa shape index (κ2) is 9.63. The lowest BCUT2D eigenvalue weighted by Crippen LogP contribution is -2.37. The Balaban J connectivity index is 1.36.